The normalized spacial score (nSPS) is 15.6. The average molecular weight is 324 g/mol. The molecule has 5 heteroatoms. The molecular weight excluding hydrogens is 302 g/mol. The van der Waals surface area contributed by atoms with Crippen molar-refractivity contribution < 1.29 is 14.3 Å². The zero-order valence-electron chi connectivity index (χ0n) is 12.9. The van der Waals surface area contributed by atoms with Gasteiger partial charge in [-0.05, 0) is 43.4 Å². The lowest BCUT2D eigenvalue weighted by Crippen LogP contribution is -2.39. The van der Waals surface area contributed by atoms with Gasteiger partial charge in [0.05, 0.1) is 13.0 Å². The second-order valence-corrected chi connectivity index (χ2v) is 6.08. The molecule has 1 amide bonds. The number of nitrogens with zero attached hydrogens (tertiary/aromatic N) is 1. The number of hydrogen-bond donors (Lipinski definition) is 0. The summed E-state index contributed by atoms with van der Waals surface area (Å²) >= 11 is 5.94. The minimum absolute atomic E-state index is 0.122. The molecule has 4 nitrogen and oxygen atoms in total. The topological polar surface area (TPSA) is 46.6 Å². The summed E-state index contributed by atoms with van der Waals surface area (Å²) < 4.78 is 4.98. The van der Waals surface area contributed by atoms with Crippen molar-refractivity contribution in [2.45, 2.75) is 32.6 Å². The van der Waals surface area contributed by atoms with Crippen molar-refractivity contribution in [1.29, 1.82) is 0 Å². The van der Waals surface area contributed by atoms with Gasteiger partial charge in [-0.15, -0.1) is 0 Å². The maximum Gasteiger partial charge on any atom is 0.306 e. The predicted molar refractivity (Wildman–Crippen MR) is 85.7 cm³/mol. The van der Waals surface area contributed by atoms with Crippen LogP contribution < -0.4 is 0 Å². The van der Waals surface area contributed by atoms with Crippen LogP contribution >= 0.6 is 11.6 Å². The summed E-state index contributed by atoms with van der Waals surface area (Å²) in [6.45, 7) is 3.66. The number of halogens is 1. The quantitative estimate of drug-likeness (QED) is 0.782. The first-order valence-electron chi connectivity index (χ1n) is 7.76. The van der Waals surface area contributed by atoms with Crippen LogP contribution in [-0.2, 0) is 20.7 Å². The van der Waals surface area contributed by atoms with E-state index in [9.17, 15) is 9.59 Å². The highest BCUT2D eigenvalue weighted by Gasteiger charge is 2.24. The molecule has 0 unspecified atom stereocenters. The molecule has 1 saturated heterocycles. The predicted octanol–water partition coefficient (Wildman–Crippen LogP) is 3.07. The Morgan fingerprint density at radius 1 is 1.32 bits per heavy atom. The standard InChI is InChI=1S/C17H22ClNO3/c1-2-22-17(21)12-13-6-8-19(9-7-13)16(20)11-14-4-3-5-15(18)10-14/h3-5,10,13H,2,6-9,11-12H2,1H3. The molecule has 0 spiro atoms. The highest BCUT2D eigenvalue weighted by molar-refractivity contribution is 6.30. The summed E-state index contributed by atoms with van der Waals surface area (Å²) in [5.41, 5.74) is 0.936. The van der Waals surface area contributed by atoms with E-state index in [2.05, 4.69) is 0 Å². The van der Waals surface area contributed by atoms with Crippen molar-refractivity contribution in [3.8, 4) is 0 Å². The van der Waals surface area contributed by atoms with Crippen LogP contribution in [0.1, 0.15) is 31.7 Å². The zero-order valence-corrected chi connectivity index (χ0v) is 13.6. The number of carbonyl (C=O) groups excluding carboxylic acids is 2. The SMILES string of the molecule is CCOC(=O)CC1CCN(C(=O)Cc2cccc(Cl)c2)CC1. The number of rotatable bonds is 5. The van der Waals surface area contributed by atoms with E-state index >= 15 is 0 Å². The van der Waals surface area contributed by atoms with Crippen molar-refractivity contribution in [3.05, 3.63) is 34.9 Å². The summed E-state index contributed by atoms with van der Waals surface area (Å²) in [6, 6.07) is 7.40. The molecule has 22 heavy (non-hydrogen) atoms. The first kappa shape index (κ1) is 16.8. The Kier molecular flexibility index (Phi) is 6.25. The molecule has 120 valence electrons. The van der Waals surface area contributed by atoms with E-state index < -0.39 is 0 Å². The summed E-state index contributed by atoms with van der Waals surface area (Å²) in [5.74, 6) is 0.317. The molecule has 1 aromatic rings. The largest absolute Gasteiger partial charge is 0.466 e. The molecule has 1 aliphatic rings. The lowest BCUT2D eigenvalue weighted by Gasteiger charge is -2.31. The van der Waals surface area contributed by atoms with E-state index in [0.29, 0.717) is 43.5 Å². The van der Waals surface area contributed by atoms with Crippen LogP contribution in [0.4, 0.5) is 0 Å². The zero-order chi connectivity index (χ0) is 15.9. The second-order valence-electron chi connectivity index (χ2n) is 5.64. The van der Waals surface area contributed by atoms with E-state index in [0.717, 1.165) is 18.4 Å². The third kappa shape index (κ3) is 5.02. The number of benzene rings is 1. The van der Waals surface area contributed by atoms with Gasteiger partial charge < -0.3 is 9.64 Å². The average Bonchev–Trinajstić information content (AvgIpc) is 2.48. The number of likely N-dealkylation sites (tertiary alicyclic amines) is 1. The fourth-order valence-electron chi connectivity index (χ4n) is 2.78. The Hall–Kier alpha value is -1.55. The number of hydrogen-bond acceptors (Lipinski definition) is 3. The molecule has 1 aromatic carbocycles. The van der Waals surface area contributed by atoms with Crippen LogP contribution in [0.25, 0.3) is 0 Å². The van der Waals surface area contributed by atoms with Crippen LogP contribution in [0.5, 0.6) is 0 Å². The summed E-state index contributed by atoms with van der Waals surface area (Å²) in [4.78, 5) is 25.7. The number of carbonyl (C=O) groups is 2. The molecule has 0 aliphatic carbocycles. The highest BCUT2D eigenvalue weighted by Crippen LogP contribution is 2.22. The molecule has 0 atom stereocenters. The smallest absolute Gasteiger partial charge is 0.306 e. The maximum absolute atomic E-state index is 12.3. The Morgan fingerprint density at radius 3 is 2.68 bits per heavy atom. The molecule has 1 heterocycles. The van der Waals surface area contributed by atoms with E-state index in [1.807, 2.05) is 30.0 Å². The van der Waals surface area contributed by atoms with Gasteiger partial charge in [-0.2, -0.15) is 0 Å². The van der Waals surface area contributed by atoms with E-state index in [4.69, 9.17) is 16.3 Å². The Labute approximate surface area is 136 Å². The van der Waals surface area contributed by atoms with E-state index in [1.54, 1.807) is 6.07 Å². The Balaban J connectivity index is 1.78. The summed E-state index contributed by atoms with van der Waals surface area (Å²) in [6.07, 6.45) is 2.56. The molecule has 2 rings (SSSR count). The van der Waals surface area contributed by atoms with Crippen molar-refractivity contribution in [2.75, 3.05) is 19.7 Å². The van der Waals surface area contributed by atoms with Crippen molar-refractivity contribution in [1.82, 2.24) is 4.90 Å². The van der Waals surface area contributed by atoms with Crippen LogP contribution in [0, 0.1) is 5.92 Å². The lowest BCUT2D eigenvalue weighted by molar-refractivity contribution is -0.144. The lowest BCUT2D eigenvalue weighted by atomic mass is 9.93. The minimum Gasteiger partial charge on any atom is -0.466 e. The van der Waals surface area contributed by atoms with Gasteiger partial charge >= 0.3 is 5.97 Å². The van der Waals surface area contributed by atoms with Crippen molar-refractivity contribution >= 4 is 23.5 Å². The van der Waals surface area contributed by atoms with Gasteiger partial charge in [0.2, 0.25) is 5.91 Å². The molecule has 0 saturated carbocycles. The monoisotopic (exact) mass is 323 g/mol. The maximum atomic E-state index is 12.3. The molecular formula is C17H22ClNO3. The molecule has 0 N–H and O–H groups in total. The number of esters is 1. The van der Waals surface area contributed by atoms with Crippen LogP contribution in [0.3, 0.4) is 0 Å². The molecule has 0 aromatic heterocycles. The van der Waals surface area contributed by atoms with Gasteiger partial charge in [0.25, 0.3) is 0 Å². The molecule has 0 bridgehead atoms. The van der Waals surface area contributed by atoms with Crippen LogP contribution in [-0.4, -0.2) is 36.5 Å². The first-order chi connectivity index (χ1) is 10.6. The Bertz CT molecular complexity index is 524. The van der Waals surface area contributed by atoms with Crippen molar-refractivity contribution in [3.63, 3.8) is 0 Å². The van der Waals surface area contributed by atoms with Crippen LogP contribution in [0.2, 0.25) is 5.02 Å². The van der Waals surface area contributed by atoms with Gasteiger partial charge in [-0.3, -0.25) is 9.59 Å². The highest BCUT2D eigenvalue weighted by atomic mass is 35.5. The van der Waals surface area contributed by atoms with Crippen molar-refractivity contribution in [2.24, 2.45) is 5.92 Å². The molecule has 0 radical (unpaired) electrons. The Morgan fingerprint density at radius 2 is 2.05 bits per heavy atom. The third-order valence-electron chi connectivity index (χ3n) is 3.97. The van der Waals surface area contributed by atoms with E-state index in [-0.39, 0.29) is 11.9 Å². The third-order valence-corrected chi connectivity index (χ3v) is 4.21. The van der Waals surface area contributed by atoms with Gasteiger partial charge in [-0.25, -0.2) is 0 Å². The summed E-state index contributed by atoms with van der Waals surface area (Å²) in [7, 11) is 0. The number of amides is 1. The fraction of sp³-hybridized carbons (Fsp3) is 0.529. The van der Waals surface area contributed by atoms with Gasteiger partial charge in [0.15, 0.2) is 0 Å². The number of piperidine rings is 1. The van der Waals surface area contributed by atoms with E-state index in [1.165, 1.54) is 0 Å². The van der Waals surface area contributed by atoms with Gasteiger partial charge in [0, 0.05) is 24.5 Å². The molecule has 1 fully saturated rings. The van der Waals surface area contributed by atoms with Gasteiger partial charge in [0.1, 0.15) is 0 Å². The molecule has 1 aliphatic heterocycles. The number of ether oxygens (including phenoxy) is 1. The second kappa shape index (κ2) is 8.18. The van der Waals surface area contributed by atoms with Gasteiger partial charge in [-0.1, -0.05) is 23.7 Å². The first-order valence-corrected chi connectivity index (χ1v) is 8.14. The minimum atomic E-state index is -0.133. The van der Waals surface area contributed by atoms with Crippen LogP contribution in [0.15, 0.2) is 24.3 Å². The fourth-order valence-corrected chi connectivity index (χ4v) is 2.99. The summed E-state index contributed by atoms with van der Waals surface area (Å²) in [5, 5.41) is 0.651.